The Morgan fingerprint density at radius 2 is 2.13 bits per heavy atom. The third kappa shape index (κ3) is 3.12. The largest absolute Gasteiger partial charge is 0.466 e. The van der Waals surface area contributed by atoms with Crippen molar-refractivity contribution in [1.29, 1.82) is 0 Å². The van der Waals surface area contributed by atoms with Gasteiger partial charge in [0.25, 0.3) is 5.92 Å². The monoisotopic (exact) mass is 222 g/mol. The summed E-state index contributed by atoms with van der Waals surface area (Å²) in [4.78, 5) is 11.3. The van der Waals surface area contributed by atoms with Gasteiger partial charge in [0.15, 0.2) is 0 Å². The van der Waals surface area contributed by atoms with E-state index in [0.717, 1.165) is 0 Å². The van der Waals surface area contributed by atoms with Crippen LogP contribution >= 0.6 is 0 Å². The molecule has 0 bridgehead atoms. The van der Waals surface area contributed by atoms with E-state index >= 15 is 0 Å². The minimum atomic E-state index is -3.07. The quantitative estimate of drug-likeness (QED) is 0.571. The van der Waals surface area contributed by atoms with E-state index in [9.17, 15) is 13.6 Å². The van der Waals surface area contributed by atoms with Crippen LogP contribution in [0.25, 0.3) is 0 Å². The molecular formula is C10H16F2O3. The van der Waals surface area contributed by atoms with Gasteiger partial charge in [-0.3, -0.25) is 4.79 Å². The Balaban J connectivity index is 2.56. The molecule has 5 heteroatoms. The standard InChI is InChI=1S/C10H16F2O3/c1-2-15-9(14)7-3-4-8(13)10(11,12)6-5-7/h7-8,13H,2-6H2,1H3. The predicted octanol–water partition coefficient (Wildman–Crippen LogP) is 1.74. The van der Waals surface area contributed by atoms with Crippen molar-refractivity contribution in [3.05, 3.63) is 0 Å². The van der Waals surface area contributed by atoms with Gasteiger partial charge in [-0.2, -0.15) is 0 Å². The van der Waals surface area contributed by atoms with E-state index in [4.69, 9.17) is 9.84 Å². The molecule has 0 aromatic heterocycles. The summed E-state index contributed by atoms with van der Waals surface area (Å²) >= 11 is 0. The highest BCUT2D eigenvalue weighted by Crippen LogP contribution is 2.35. The molecule has 1 rings (SSSR count). The van der Waals surface area contributed by atoms with Crippen LogP contribution in [0.1, 0.15) is 32.6 Å². The number of aliphatic hydroxyl groups is 1. The van der Waals surface area contributed by atoms with Crippen molar-refractivity contribution in [2.24, 2.45) is 5.92 Å². The van der Waals surface area contributed by atoms with Crippen molar-refractivity contribution in [3.8, 4) is 0 Å². The van der Waals surface area contributed by atoms with Gasteiger partial charge in [-0.1, -0.05) is 0 Å². The lowest BCUT2D eigenvalue weighted by molar-refractivity contribution is -0.148. The predicted molar refractivity (Wildman–Crippen MR) is 49.5 cm³/mol. The van der Waals surface area contributed by atoms with E-state index in [1.807, 2.05) is 0 Å². The molecule has 2 atom stereocenters. The SMILES string of the molecule is CCOC(=O)C1CCC(O)C(F)(F)CC1. The normalized spacial score (nSPS) is 30.7. The molecule has 3 nitrogen and oxygen atoms in total. The average molecular weight is 222 g/mol. The summed E-state index contributed by atoms with van der Waals surface area (Å²) in [5.41, 5.74) is 0. The Bertz CT molecular complexity index is 231. The van der Waals surface area contributed by atoms with Gasteiger partial charge in [0, 0.05) is 6.42 Å². The molecule has 15 heavy (non-hydrogen) atoms. The second-order valence-corrected chi connectivity index (χ2v) is 3.84. The van der Waals surface area contributed by atoms with Crippen molar-refractivity contribution < 1.29 is 23.4 Å². The van der Waals surface area contributed by atoms with Crippen molar-refractivity contribution in [2.75, 3.05) is 6.61 Å². The minimum absolute atomic E-state index is 0.0452. The summed E-state index contributed by atoms with van der Waals surface area (Å²) in [6.45, 7) is 1.94. The Kier molecular flexibility index (Phi) is 4.02. The molecule has 0 saturated heterocycles. The maximum Gasteiger partial charge on any atom is 0.308 e. The van der Waals surface area contributed by atoms with Crippen LogP contribution in [-0.4, -0.2) is 29.7 Å². The number of aliphatic hydroxyl groups excluding tert-OH is 1. The van der Waals surface area contributed by atoms with Gasteiger partial charge in [-0.25, -0.2) is 8.78 Å². The zero-order chi connectivity index (χ0) is 11.5. The number of carbonyl (C=O) groups is 1. The minimum Gasteiger partial charge on any atom is -0.466 e. The van der Waals surface area contributed by atoms with Crippen LogP contribution in [0.3, 0.4) is 0 Å². The summed E-state index contributed by atoms with van der Waals surface area (Å²) in [6.07, 6.45) is -1.76. The molecule has 0 aliphatic heterocycles. The summed E-state index contributed by atoms with van der Waals surface area (Å²) in [5.74, 6) is -3.99. The first-order valence-electron chi connectivity index (χ1n) is 5.20. The van der Waals surface area contributed by atoms with E-state index in [2.05, 4.69) is 0 Å². The fourth-order valence-electron chi connectivity index (χ4n) is 1.74. The topological polar surface area (TPSA) is 46.5 Å². The van der Waals surface area contributed by atoms with E-state index in [-0.39, 0.29) is 25.9 Å². The lowest BCUT2D eigenvalue weighted by Crippen LogP contribution is -2.31. The van der Waals surface area contributed by atoms with Crippen molar-refractivity contribution in [1.82, 2.24) is 0 Å². The smallest absolute Gasteiger partial charge is 0.308 e. The van der Waals surface area contributed by atoms with Crippen LogP contribution in [-0.2, 0) is 9.53 Å². The molecule has 1 saturated carbocycles. The molecule has 0 aromatic rings. The highest BCUT2D eigenvalue weighted by molar-refractivity contribution is 5.72. The number of rotatable bonds is 2. The molecule has 0 spiro atoms. The maximum absolute atomic E-state index is 13.1. The third-order valence-corrected chi connectivity index (χ3v) is 2.72. The fraction of sp³-hybridized carbons (Fsp3) is 0.900. The second-order valence-electron chi connectivity index (χ2n) is 3.84. The van der Waals surface area contributed by atoms with Gasteiger partial charge in [0.05, 0.1) is 12.5 Å². The van der Waals surface area contributed by atoms with Crippen LogP contribution in [0, 0.1) is 5.92 Å². The van der Waals surface area contributed by atoms with Crippen LogP contribution in [0.5, 0.6) is 0 Å². The fourth-order valence-corrected chi connectivity index (χ4v) is 1.74. The Morgan fingerprint density at radius 3 is 2.73 bits per heavy atom. The molecule has 0 aromatic carbocycles. The number of hydrogen-bond donors (Lipinski definition) is 1. The number of esters is 1. The van der Waals surface area contributed by atoms with Gasteiger partial charge >= 0.3 is 5.97 Å². The first kappa shape index (κ1) is 12.4. The summed E-state index contributed by atoms with van der Waals surface area (Å²) in [6, 6.07) is 0. The van der Waals surface area contributed by atoms with Crippen LogP contribution in [0.15, 0.2) is 0 Å². The molecule has 1 aliphatic rings. The highest BCUT2D eigenvalue weighted by atomic mass is 19.3. The van der Waals surface area contributed by atoms with E-state index in [1.54, 1.807) is 6.92 Å². The maximum atomic E-state index is 13.1. The highest BCUT2D eigenvalue weighted by Gasteiger charge is 2.42. The summed E-state index contributed by atoms with van der Waals surface area (Å²) in [7, 11) is 0. The van der Waals surface area contributed by atoms with Crippen molar-refractivity contribution in [3.63, 3.8) is 0 Å². The number of hydrogen-bond acceptors (Lipinski definition) is 3. The Hall–Kier alpha value is -0.710. The van der Waals surface area contributed by atoms with Gasteiger partial charge in [0.2, 0.25) is 0 Å². The van der Waals surface area contributed by atoms with Crippen LogP contribution in [0.4, 0.5) is 8.78 Å². The van der Waals surface area contributed by atoms with Crippen LogP contribution in [0.2, 0.25) is 0 Å². The Morgan fingerprint density at radius 1 is 1.47 bits per heavy atom. The first-order chi connectivity index (χ1) is 6.97. The molecule has 0 radical (unpaired) electrons. The number of ether oxygens (including phenoxy) is 1. The van der Waals surface area contributed by atoms with Gasteiger partial charge in [-0.15, -0.1) is 0 Å². The molecule has 1 fully saturated rings. The zero-order valence-corrected chi connectivity index (χ0v) is 8.71. The van der Waals surface area contributed by atoms with Gasteiger partial charge in [-0.05, 0) is 26.2 Å². The first-order valence-corrected chi connectivity index (χ1v) is 5.20. The van der Waals surface area contributed by atoms with E-state index in [1.165, 1.54) is 0 Å². The van der Waals surface area contributed by atoms with E-state index in [0.29, 0.717) is 0 Å². The molecule has 1 N–H and O–H groups in total. The number of alkyl halides is 2. The molecule has 88 valence electrons. The molecule has 0 heterocycles. The van der Waals surface area contributed by atoms with Gasteiger partial charge in [0.1, 0.15) is 6.10 Å². The number of carbonyl (C=O) groups excluding carboxylic acids is 1. The zero-order valence-electron chi connectivity index (χ0n) is 8.71. The second kappa shape index (κ2) is 4.88. The van der Waals surface area contributed by atoms with E-state index < -0.39 is 30.3 Å². The van der Waals surface area contributed by atoms with Crippen LogP contribution < -0.4 is 0 Å². The molecular weight excluding hydrogens is 206 g/mol. The molecule has 2 unspecified atom stereocenters. The number of halogens is 2. The lowest BCUT2D eigenvalue weighted by atomic mass is 10.0. The van der Waals surface area contributed by atoms with Gasteiger partial charge < -0.3 is 9.84 Å². The van der Waals surface area contributed by atoms with Crippen molar-refractivity contribution >= 4 is 5.97 Å². The summed E-state index contributed by atoms with van der Waals surface area (Å²) in [5, 5.41) is 9.14. The third-order valence-electron chi connectivity index (χ3n) is 2.72. The Labute approximate surface area is 87.4 Å². The lowest BCUT2D eigenvalue weighted by Gasteiger charge is -2.18. The molecule has 0 amide bonds. The molecule has 1 aliphatic carbocycles. The average Bonchev–Trinajstić information content (AvgIpc) is 2.28. The summed E-state index contributed by atoms with van der Waals surface area (Å²) < 4.78 is 30.9. The van der Waals surface area contributed by atoms with Crippen molar-refractivity contribution in [2.45, 2.75) is 44.6 Å².